The van der Waals surface area contributed by atoms with Crippen LogP contribution in [0, 0.1) is 11.3 Å². The van der Waals surface area contributed by atoms with E-state index in [9.17, 15) is 14.7 Å². The first-order valence-electron chi connectivity index (χ1n) is 5.77. The molecule has 1 N–H and O–H groups in total. The maximum absolute atomic E-state index is 11.7. The van der Waals surface area contributed by atoms with Crippen molar-refractivity contribution in [2.75, 3.05) is 13.2 Å². The largest absolute Gasteiger partial charge is 0.465 e. The van der Waals surface area contributed by atoms with Crippen molar-refractivity contribution in [3.63, 3.8) is 0 Å². The molecule has 17 heavy (non-hydrogen) atoms. The van der Waals surface area contributed by atoms with Crippen LogP contribution in [0.3, 0.4) is 0 Å². The molecule has 5 heteroatoms. The van der Waals surface area contributed by atoms with Gasteiger partial charge in [-0.15, -0.1) is 0 Å². The van der Waals surface area contributed by atoms with Gasteiger partial charge < -0.3 is 14.6 Å². The lowest BCUT2D eigenvalue weighted by molar-refractivity contribution is -0.170. The summed E-state index contributed by atoms with van der Waals surface area (Å²) in [7, 11) is 0. The molecular formula is C12H22O5. The molecule has 0 spiro atoms. The Hall–Kier alpha value is -1.10. The molecule has 5 nitrogen and oxygen atoms in total. The Bertz CT molecular complexity index is 249. The fourth-order valence-electron chi connectivity index (χ4n) is 1.32. The SMILES string of the molecule is CCOC(=O)C(C(=O)OCC)C(O)C(C)(C)C. The minimum atomic E-state index is -1.28. The zero-order valence-electron chi connectivity index (χ0n) is 11.1. The highest BCUT2D eigenvalue weighted by atomic mass is 16.6. The maximum atomic E-state index is 11.7. The van der Waals surface area contributed by atoms with Crippen LogP contribution >= 0.6 is 0 Å². The summed E-state index contributed by atoms with van der Waals surface area (Å²) in [6.07, 6.45) is -1.14. The van der Waals surface area contributed by atoms with Gasteiger partial charge in [0.25, 0.3) is 0 Å². The molecule has 0 saturated carbocycles. The van der Waals surface area contributed by atoms with Crippen molar-refractivity contribution < 1.29 is 24.2 Å². The second-order valence-corrected chi connectivity index (χ2v) is 4.79. The quantitative estimate of drug-likeness (QED) is 0.581. The first-order chi connectivity index (χ1) is 7.75. The van der Waals surface area contributed by atoms with Gasteiger partial charge in [-0.1, -0.05) is 20.8 Å². The van der Waals surface area contributed by atoms with Crippen LogP contribution in [-0.4, -0.2) is 36.4 Å². The summed E-state index contributed by atoms with van der Waals surface area (Å²) in [6.45, 7) is 8.82. The van der Waals surface area contributed by atoms with Gasteiger partial charge in [0.15, 0.2) is 5.92 Å². The topological polar surface area (TPSA) is 72.8 Å². The van der Waals surface area contributed by atoms with Crippen molar-refractivity contribution >= 4 is 11.9 Å². The molecule has 0 aliphatic heterocycles. The monoisotopic (exact) mass is 246 g/mol. The molecule has 0 amide bonds. The third-order valence-electron chi connectivity index (χ3n) is 2.28. The zero-order chi connectivity index (χ0) is 13.6. The molecule has 100 valence electrons. The average Bonchev–Trinajstić information content (AvgIpc) is 2.17. The van der Waals surface area contributed by atoms with E-state index in [1.807, 2.05) is 0 Å². The van der Waals surface area contributed by atoms with Crippen LogP contribution in [-0.2, 0) is 19.1 Å². The van der Waals surface area contributed by atoms with Crippen molar-refractivity contribution in [2.45, 2.75) is 40.7 Å². The zero-order valence-corrected chi connectivity index (χ0v) is 11.1. The number of ether oxygens (including phenoxy) is 2. The van der Waals surface area contributed by atoms with Crippen LogP contribution in [0.15, 0.2) is 0 Å². The summed E-state index contributed by atoms with van der Waals surface area (Å²) in [5.74, 6) is -2.77. The highest BCUT2D eigenvalue weighted by molar-refractivity contribution is 5.95. The van der Waals surface area contributed by atoms with Crippen LogP contribution in [0.25, 0.3) is 0 Å². The van der Waals surface area contributed by atoms with Gasteiger partial charge in [0.2, 0.25) is 0 Å². The van der Waals surface area contributed by atoms with Gasteiger partial charge >= 0.3 is 11.9 Å². The molecule has 0 aromatic carbocycles. The fraction of sp³-hybridized carbons (Fsp3) is 0.833. The van der Waals surface area contributed by atoms with E-state index in [-0.39, 0.29) is 13.2 Å². The van der Waals surface area contributed by atoms with E-state index in [0.29, 0.717) is 0 Å². The van der Waals surface area contributed by atoms with E-state index in [1.165, 1.54) is 0 Å². The second-order valence-electron chi connectivity index (χ2n) is 4.79. The Labute approximate surface area is 102 Å². The summed E-state index contributed by atoms with van der Waals surface area (Å²) in [5.41, 5.74) is -0.607. The molecule has 0 aromatic rings. The van der Waals surface area contributed by atoms with E-state index in [0.717, 1.165) is 0 Å². The lowest BCUT2D eigenvalue weighted by Crippen LogP contribution is -2.44. The molecule has 1 atom stereocenters. The van der Waals surface area contributed by atoms with E-state index in [1.54, 1.807) is 34.6 Å². The number of hydrogen-bond donors (Lipinski definition) is 1. The smallest absolute Gasteiger partial charge is 0.323 e. The van der Waals surface area contributed by atoms with Crippen LogP contribution in [0.4, 0.5) is 0 Å². The minimum Gasteiger partial charge on any atom is -0.465 e. The second kappa shape index (κ2) is 6.59. The van der Waals surface area contributed by atoms with Gasteiger partial charge in [-0.2, -0.15) is 0 Å². The van der Waals surface area contributed by atoms with Gasteiger partial charge in [0.1, 0.15) is 0 Å². The normalized spacial score (nSPS) is 13.4. The molecule has 0 aliphatic carbocycles. The molecule has 1 unspecified atom stereocenters. The van der Waals surface area contributed by atoms with Crippen LogP contribution < -0.4 is 0 Å². The minimum absolute atomic E-state index is 0.158. The average molecular weight is 246 g/mol. The predicted octanol–water partition coefficient (Wildman–Crippen LogP) is 1.14. The summed E-state index contributed by atoms with van der Waals surface area (Å²) < 4.78 is 9.58. The molecule has 0 heterocycles. The standard InChI is InChI=1S/C12H22O5/c1-6-16-10(14)8(11(15)17-7-2)9(13)12(3,4)5/h8-9,13H,6-7H2,1-5H3. The van der Waals surface area contributed by atoms with E-state index >= 15 is 0 Å². The van der Waals surface area contributed by atoms with Crippen molar-refractivity contribution in [3.05, 3.63) is 0 Å². The fourth-order valence-corrected chi connectivity index (χ4v) is 1.32. The molecule has 0 radical (unpaired) electrons. The Balaban J connectivity index is 4.97. The van der Waals surface area contributed by atoms with Gasteiger partial charge in [-0.05, 0) is 19.3 Å². The molecule has 0 aliphatic rings. The van der Waals surface area contributed by atoms with Crippen LogP contribution in [0.5, 0.6) is 0 Å². The van der Waals surface area contributed by atoms with Gasteiger partial charge in [0.05, 0.1) is 19.3 Å². The summed E-state index contributed by atoms with van der Waals surface area (Å²) >= 11 is 0. The number of aliphatic hydroxyl groups is 1. The first kappa shape index (κ1) is 15.9. The van der Waals surface area contributed by atoms with Gasteiger partial charge in [-0.3, -0.25) is 9.59 Å². The van der Waals surface area contributed by atoms with E-state index < -0.39 is 29.4 Å². The maximum Gasteiger partial charge on any atom is 0.323 e. The lowest BCUT2D eigenvalue weighted by atomic mass is 9.81. The Kier molecular flexibility index (Phi) is 6.16. The molecule has 0 saturated heterocycles. The van der Waals surface area contributed by atoms with Crippen LogP contribution in [0.2, 0.25) is 0 Å². The highest BCUT2D eigenvalue weighted by Gasteiger charge is 2.42. The molecule has 0 aromatic heterocycles. The number of aliphatic hydroxyl groups excluding tert-OH is 1. The number of carbonyl (C=O) groups excluding carboxylic acids is 2. The van der Waals surface area contributed by atoms with Crippen molar-refractivity contribution in [1.29, 1.82) is 0 Å². The molecular weight excluding hydrogens is 224 g/mol. The number of carbonyl (C=O) groups is 2. The molecule has 0 bridgehead atoms. The van der Waals surface area contributed by atoms with Crippen LogP contribution in [0.1, 0.15) is 34.6 Å². The van der Waals surface area contributed by atoms with Gasteiger partial charge in [0, 0.05) is 0 Å². The molecule has 0 rings (SSSR count). The van der Waals surface area contributed by atoms with E-state index in [2.05, 4.69) is 0 Å². The Morgan fingerprint density at radius 1 is 1.06 bits per heavy atom. The van der Waals surface area contributed by atoms with Crippen molar-refractivity contribution in [3.8, 4) is 0 Å². The number of hydrogen-bond acceptors (Lipinski definition) is 5. The Morgan fingerprint density at radius 3 is 1.65 bits per heavy atom. The lowest BCUT2D eigenvalue weighted by Gasteiger charge is -2.30. The number of esters is 2. The van der Waals surface area contributed by atoms with Crippen molar-refractivity contribution in [1.82, 2.24) is 0 Å². The Morgan fingerprint density at radius 2 is 1.41 bits per heavy atom. The number of rotatable bonds is 5. The third kappa shape index (κ3) is 4.73. The highest BCUT2D eigenvalue weighted by Crippen LogP contribution is 2.27. The molecule has 0 fully saturated rings. The first-order valence-corrected chi connectivity index (χ1v) is 5.77. The van der Waals surface area contributed by atoms with E-state index in [4.69, 9.17) is 9.47 Å². The predicted molar refractivity (Wildman–Crippen MR) is 62.2 cm³/mol. The third-order valence-corrected chi connectivity index (χ3v) is 2.28. The summed E-state index contributed by atoms with van der Waals surface area (Å²) in [6, 6.07) is 0. The van der Waals surface area contributed by atoms with Gasteiger partial charge in [-0.25, -0.2) is 0 Å². The summed E-state index contributed by atoms with van der Waals surface area (Å²) in [4.78, 5) is 23.3. The summed E-state index contributed by atoms with van der Waals surface area (Å²) in [5, 5.41) is 10.0. The van der Waals surface area contributed by atoms with Crippen molar-refractivity contribution in [2.24, 2.45) is 11.3 Å².